The van der Waals surface area contributed by atoms with Crippen LogP contribution < -0.4 is 5.73 Å². The summed E-state index contributed by atoms with van der Waals surface area (Å²) in [5.41, 5.74) is 8.73. The van der Waals surface area contributed by atoms with Crippen LogP contribution >= 0.6 is 0 Å². The van der Waals surface area contributed by atoms with E-state index in [1.165, 1.54) is 7.11 Å². The van der Waals surface area contributed by atoms with Crippen molar-refractivity contribution in [3.63, 3.8) is 0 Å². The average Bonchev–Trinajstić information content (AvgIpc) is 2.21. The van der Waals surface area contributed by atoms with Crippen LogP contribution in [0, 0.1) is 6.92 Å². The van der Waals surface area contributed by atoms with Gasteiger partial charge in [0.25, 0.3) is 0 Å². The van der Waals surface area contributed by atoms with Crippen LogP contribution in [0.5, 0.6) is 0 Å². The molecule has 0 radical (unpaired) electrons. The smallest absolute Gasteiger partial charge is 0.306 e. The van der Waals surface area contributed by atoms with Crippen molar-refractivity contribution in [2.24, 2.45) is 0 Å². The molecule has 3 nitrogen and oxygen atoms in total. The number of hydrogen-bond donors (Lipinski definition) is 1. The number of carbonyl (C=O) groups excluding carboxylic acids is 1. The molecule has 1 aromatic carbocycles. The molecule has 1 rings (SSSR count). The standard InChI is InChI=1S/C12H17NO2/c1-8(7-12(14)15-3)10-5-4-6-11(13)9(10)2/h4-6,8H,7,13H2,1-3H3/t8-/m0/s1. The number of carbonyl (C=O) groups is 1. The van der Waals surface area contributed by atoms with Crippen LogP contribution in [0.25, 0.3) is 0 Å². The Morgan fingerprint density at radius 3 is 2.80 bits per heavy atom. The predicted molar refractivity (Wildman–Crippen MR) is 60.6 cm³/mol. The molecule has 0 fully saturated rings. The zero-order valence-electron chi connectivity index (χ0n) is 9.41. The Morgan fingerprint density at radius 2 is 2.20 bits per heavy atom. The molecule has 0 aliphatic carbocycles. The highest BCUT2D eigenvalue weighted by Gasteiger charge is 2.14. The van der Waals surface area contributed by atoms with Gasteiger partial charge in [-0.15, -0.1) is 0 Å². The SMILES string of the molecule is COC(=O)C[C@H](C)c1cccc(N)c1C. The van der Waals surface area contributed by atoms with Crippen molar-refractivity contribution >= 4 is 11.7 Å². The first kappa shape index (κ1) is 11.6. The van der Waals surface area contributed by atoms with Gasteiger partial charge in [0.05, 0.1) is 13.5 Å². The topological polar surface area (TPSA) is 52.3 Å². The van der Waals surface area contributed by atoms with Gasteiger partial charge in [-0.05, 0) is 30.0 Å². The van der Waals surface area contributed by atoms with Crippen molar-refractivity contribution in [2.75, 3.05) is 12.8 Å². The Bertz CT molecular complexity index is 361. The highest BCUT2D eigenvalue weighted by molar-refractivity contribution is 5.70. The van der Waals surface area contributed by atoms with Gasteiger partial charge in [0.2, 0.25) is 0 Å². The molecule has 15 heavy (non-hydrogen) atoms. The van der Waals surface area contributed by atoms with E-state index >= 15 is 0 Å². The molecule has 0 spiro atoms. The number of nitrogens with two attached hydrogens (primary N) is 1. The second-order valence-corrected chi connectivity index (χ2v) is 3.74. The number of rotatable bonds is 3. The van der Waals surface area contributed by atoms with Crippen molar-refractivity contribution in [3.05, 3.63) is 29.3 Å². The lowest BCUT2D eigenvalue weighted by Gasteiger charge is -2.14. The van der Waals surface area contributed by atoms with E-state index in [2.05, 4.69) is 4.74 Å². The van der Waals surface area contributed by atoms with E-state index in [9.17, 15) is 4.79 Å². The third-order valence-corrected chi connectivity index (χ3v) is 2.65. The lowest BCUT2D eigenvalue weighted by Crippen LogP contribution is -2.07. The average molecular weight is 207 g/mol. The summed E-state index contributed by atoms with van der Waals surface area (Å²) < 4.78 is 4.64. The van der Waals surface area contributed by atoms with Gasteiger partial charge in [0, 0.05) is 5.69 Å². The molecule has 0 unspecified atom stereocenters. The van der Waals surface area contributed by atoms with E-state index in [4.69, 9.17) is 5.73 Å². The molecule has 0 aromatic heterocycles. The van der Waals surface area contributed by atoms with E-state index in [0.29, 0.717) is 6.42 Å². The fourth-order valence-electron chi connectivity index (χ4n) is 1.65. The lowest BCUT2D eigenvalue weighted by molar-refractivity contribution is -0.140. The van der Waals surface area contributed by atoms with Crippen LogP contribution in [0.3, 0.4) is 0 Å². The van der Waals surface area contributed by atoms with Crippen LogP contribution in [0.15, 0.2) is 18.2 Å². The summed E-state index contributed by atoms with van der Waals surface area (Å²) >= 11 is 0. The van der Waals surface area contributed by atoms with Gasteiger partial charge < -0.3 is 10.5 Å². The fourth-order valence-corrected chi connectivity index (χ4v) is 1.65. The van der Waals surface area contributed by atoms with Gasteiger partial charge in [-0.1, -0.05) is 19.1 Å². The number of esters is 1. The van der Waals surface area contributed by atoms with Crippen LogP contribution in [0.4, 0.5) is 5.69 Å². The minimum Gasteiger partial charge on any atom is -0.469 e. The van der Waals surface area contributed by atoms with Crippen molar-refractivity contribution in [2.45, 2.75) is 26.2 Å². The molecule has 1 aromatic rings. The first-order valence-electron chi connectivity index (χ1n) is 4.98. The number of nitrogen functional groups attached to an aromatic ring is 1. The molecule has 0 bridgehead atoms. The van der Waals surface area contributed by atoms with Crippen LogP contribution in [0.1, 0.15) is 30.4 Å². The quantitative estimate of drug-likeness (QED) is 0.611. The molecule has 0 heterocycles. The van der Waals surface area contributed by atoms with Crippen LogP contribution in [-0.4, -0.2) is 13.1 Å². The largest absolute Gasteiger partial charge is 0.469 e. The Balaban J connectivity index is 2.86. The fraction of sp³-hybridized carbons (Fsp3) is 0.417. The third-order valence-electron chi connectivity index (χ3n) is 2.65. The van der Waals surface area contributed by atoms with E-state index in [1.54, 1.807) is 0 Å². The molecule has 1 atom stereocenters. The first-order chi connectivity index (χ1) is 7.06. The van der Waals surface area contributed by atoms with Gasteiger partial charge >= 0.3 is 5.97 Å². The maximum Gasteiger partial charge on any atom is 0.306 e. The maximum absolute atomic E-state index is 11.1. The summed E-state index contributed by atoms with van der Waals surface area (Å²) in [6.45, 7) is 3.97. The molecule has 3 heteroatoms. The molecule has 0 saturated heterocycles. The van der Waals surface area contributed by atoms with E-state index < -0.39 is 0 Å². The van der Waals surface area contributed by atoms with Crippen molar-refractivity contribution in [1.82, 2.24) is 0 Å². The summed E-state index contributed by atoms with van der Waals surface area (Å²) in [7, 11) is 1.40. The third kappa shape index (κ3) is 2.72. The molecule has 0 aliphatic rings. The highest BCUT2D eigenvalue weighted by atomic mass is 16.5. The van der Waals surface area contributed by atoms with Gasteiger partial charge in [-0.25, -0.2) is 0 Å². The Kier molecular flexibility index (Phi) is 3.72. The minimum absolute atomic E-state index is 0.140. The Morgan fingerprint density at radius 1 is 1.53 bits per heavy atom. The lowest BCUT2D eigenvalue weighted by atomic mass is 9.93. The molecule has 0 aliphatic heterocycles. The van der Waals surface area contributed by atoms with E-state index in [1.807, 2.05) is 32.0 Å². The van der Waals surface area contributed by atoms with Gasteiger partial charge in [0.15, 0.2) is 0 Å². The molecule has 0 amide bonds. The zero-order chi connectivity index (χ0) is 11.4. The van der Waals surface area contributed by atoms with Crippen LogP contribution in [0.2, 0.25) is 0 Å². The van der Waals surface area contributed by atoms with Crippen molar-refractivity contribution in [1.29, 1.82) is 0 Å². The summed E-state index contributed by atoms with van der Waals surface area (Å²) in [6.07, 6.45) is 0.390. The summed E-state index contributed by atoms with van der Waals surface area (Å²) in [5.74, 6) is -0.0507. The number of hydrogen-bond acceptors (Lipinski definition) is 3. The van der Waals surface area contributed by atoms with Crippen molar-refractivity contribution < 1.29 is 9.53 Å². The second kappa shape index (κ2) is 4.82. The van der Waals surface area contributed by atoms with Gasteiger partial charge in [0.1, 0.15) is 0 Å². The minimum atomic E-state index is -0.190. The number of ether oxygens (including phenoxy) is 1. The molecule has 0 saturated carbocycles. The van der Waals surface area contributed by atoms with E-state index in [0.717, 1.165) is 16.8 Å². The van der Waals surface area contributed by atoms with Gasteiger partial charge in [-0.3, -0.25) is 4.79 Å². The Labute approximate surface area is 90.2 Å². The highest BCUT2D eigenvalue weighted by Crippen LogP contribution is 2.26. The summed E-state index contributed by atoms with van der Waals surface area (Å²) in [6, 6.07) is 5.77. The predicted octanol–water partition coefficient (Wildman–Crippen LogP) is 2.24. The zero-order valence-corrected chi connectivity index (χ0v) is 9.41. The van der Waals surface area contributed by atoms with Crippen molar-refractivity contribution in [3.8, 4) is 0 Å². The molecule has 82 valence electrons. The molecular formula is C12H17NO2. The van der Waals surface area contributed by atoms with E-state index in [-0.39, 0.29) is 11.9 Å². The maximum atomic E-state index is 11.1. The van der Waals surface area contributed by atoms with Crippen LogP contribution in [-0.2, 0) is 9.53 Å². The summed E-state index contributed by atoms with van der Waals surface area (Å²) in [4.78, 5) is 11.1. The summed E-state index contributed by atoms with van der Waals surface area (Å²) in [5, 5.41) is 0. The molecule has 2 N–H and O–H groups in total. The van der Waals surface area contributed by atoms with Gasteiger partial charge in [-0.2, -0.15) is 0 Å². The monoisotopic (exact) mass is 207 g/mol. The normalized spacial score (nSPS) is 12.2. The Hall–Kier alpha value is -1.51. The number of methoxy groups -OCH3 is 1. The molecular weight excluding hydrogens is 190 g/mol. The first-order valence-corrected chi connectivity index (χ1v) is 4.98. The number of benzene rings is 1. The second-order valence-electron chi connectivity index (χ2n) is 3.74. The number of anilines is 1.